The summed E-state index contributed by atoms with van der Waals surface area (Å²) in [7, 11) is 0. The number of carbonyl (C=O) groups excluding carboxylic acids is 1. The Balaban J connectivity index is 1.86. The second kappa shape index (κ2) is 6.43. The van der Waals surface area contributed by atoms with Gasteiger partial charge in [0.15, 0.2) is 0 Å². The molecular formula is C14H21N3O3S. The lowest BCUT2D eigenvalue weighted by Crippen LogP contribution is -2.50. The number of piperidine rings is 1. The van der Waals surface area contributed by atoms with Gasteiger partial charge in [0.1, 0.15) is 5.01 Å². The predicted octanol–water partition coefficient (Wildman–Crippen LogP) is 2.27. The second-order valence-electron chi connectivity index (χ2n) is 5.92. The summed E-state index contributed by atoms with van der Waals surface area (Å²) in [5, 5.41) is 14.6. The molecule has 0 unspecified atom stereocenters. The highest BCUT2D eigenvalue weighted by Gasteiger charge is 2.30. The minimum atomic E-state index is -0.761. The van der Waals surface area contributed by atoms with Gasteiger partial charge >= 0.3 is 12.0 Å². The fourth-order valence-electron chi connectivity index (χ4n) is 2.52. The fraction of sp³-hybridized carbons (Fsp3) is 0.643. The molecule has 2 rings (SSSR count). The molecule has 1 aliphatic heterocycles. The number of nitrogens with zero attached hydrogens (tertiary/aromatic N) is 2. The Morgan fingerprint density at radius 3 is 2.67 bits per heavy atom. The van der Waals surface area contributed by atoms with Crippen LogP contribution in [0.15, 0.2) is 11.6 Å². The van der Waals surface area contributed by atoms with Crippen LogP contribution in [0.2, 0.25) is 0 Å². The summed E-state index contributed by atoms with van der Waals surface area (Å²) in [5.41, 5.74) is -0.497. The molecule has 1 aliphatic rings. The number of carbonyl (C=O) groups is 2. The highest BCUT2D eigenvalue weighted by Crippen LogP contribution is 2.24. The van der Waals surface area contributed by atoms with Crippen LogP contribution in [0.25, 0.3) is 0 Å². The van der Waals surface area contributed by atoms with Gasteiger partial charge in [-0.2, -0.15) is 0 Å². The van der Waals surface area contributed by atoms with Crippen LogP contribution in [0.4, 0.5) is 4.79 Å². The first-order chi connectivity index (χ1) is 9.88. The van der Waals surface area contributed by atoms with Gasteiger partial charge in [-0.1, -0.05) is 0 Å². The average Bonchev–Trinajstić information content (AvgIpc) is 2.93. The lowest BCUT2D eigenvalue weighted by molar-refractivity contribution is -0.138. The molecule has 7 heteroatoms. The first-order valence-corrected chi connectivity index (χ1v) is 7.95. The molecule has 6 nitrogen and oxygen atoms in total. The van der Waals surface area contributed by atoms with Crippen molar-refractivity contribution in [3.05, 3.63) is 16.6 Å². The van der Waals surface area contributed by atoms with Gasteiger partial charge in [0, 0.05) is 31.1 Å². The maximum Gasteiger partial charge on any atom is 0.318 e. The molecule has 0 atom stereocenters. The minimum Gasteiger partial charge on any atom is -0.481 e. The van der Waals surface area contributed by atoms with Gasteiger partial charge in [-0.3, -0.25) is 4.79 Å². The van der Waals surface area contributed by atoms with Crippen molar-refractivity contribution in [2.75, 3.05) is 13.1 Å². The van der Waals surface area contributed by atoms with Crippen molar-refractivity contribution in [3.63, 3.8) is 0 Å². The van der Waals surface area contributed by atoms with Crippen molar-refractivity contribution < 1.29 is 14.7 Å². The van der Waals surface area contributed by atoms with Gasteiger partial charge < -0.3 is 15.3 Å². The van der Waals surface area contributed by atoms with Gasteiger partial charge in [0.2, 0.25) is 0 Å². The summed E-state index contributed by atoms with van der Waals surface area (Å²) in [6.45, 7) is 5.08. The van der Waals surface area contributed by atoms with Crippen LogP contribution in [0.3, 0.4) is 0 Å². The third-order valence-corrected chi connectivity index (χ3v) is 4.85. The van der Waals surface area contributed by atoms with Crippen LogP contribution in [-0.4, -0.2) is 40.1 Å². The van der Waals surface area contributed by atoms with E-state index in [4.69, 9.17) is 5.11 Å². The van der Waals surface area contributed by atoms with Gasteiger partial charge in [-0.05, 0) is 32.6 Å². The number of thiazole rings is 1. The van der Waals surface area contributed by atoms with Crippen LogP contribution in [0, 0.1) is 5.92 Å². The van der Waals surface area contributed by atoms with Crippen molar-refractivity contribution in [2.45, 2.75) is 38.6 Å². The van der Waals surface area contributed by atoms with E-state index in [1.165, 1.54) is 11.3 Å². The first kappa shape index (κ1) is 15.8. The topological polar surface area (TPSA) is 82.5 Å². The number of carboxylic acid groups (broad SMARTS) is 1. The Morgan fingerprint density at radius 2 is 2.14 bits per heavy atom. The molecule has 1 aromatic heterocycles. The molecule has 0 bridgehead atoms. The Hall–Kier alpha value is -1.63. The van der Waals surface area contributed by atoms with Gasteiger partial charge in [0.25, 0.3) is 0 Å². The molecule has 1 aromatic rings. The van der Waals surface area contributed by atoms with E-state index < -0.39 is 11.5 Å². The van der Waals surface area contributed by atoms with Crippen LogP contribution in [-0.2, 0) is 10.3 Å². The van der Waals surface area contributed by atoms with E-state index >= 15 is 0 Å². The van der Waals surface area contributed by atoms with E-state index in [1.807, 2.05) is 19.2 Å². The maximum atomic E-state index is 12.3. The number of hydrogen-bond donors (Lipinski definition) is 2. The smallest absolute Gasteiger partial charge is 0.318 e. The van der Waals surface area contributed by atoms with Crippen LogP contribution in [0.5, 0.6) is 0 Å². The second-order valence-corrected chi connectivity index (χ2v) is 6.82. The summed E-state index contributed by atoms with van der Waals surface area (Å²) >= 11 is 1.52. The summed E-state index contributed by atoms with van der Waals surface area (Å²) < 4.78 is 0. The standard InChI is InChI=1S/C14H21N3O3S/c1-14(2,12-15-5-8-21-12)16-13(20)17-6-3-10(4-7-17)9-11(18)19/h5,8,10H,3-4,6-7,9H2,1-2H3,(H,16,20)(H,18,19). The highest BCUT2D eigenvalue weighted by molar-refractivity contribution is 7.09. The molecule has 0 radical (unpaired) electrons. The molecule has 0 aliphatic carbocycles. The lowest BCUT2D eigenvalue weighted by Gasteiger charge is -2.34. The number of rotatable bonds is 4. The van der Waals surface area contributed by atoms with E-state index in [-0.39, 0.29) is 18.4 Å². The maximum absolute atomic E-state index is 12.3. The van der Waals surface area contributed by atoms with Crippen molar-refractivity contribution in [1.29, 1.82) is 0 Å². The van der Waals surface area contributed by atoms with Crippen molar-refractivity contribution in [1.82, 2.24) is 15.2 Å². The summed E-state index contributed by atoms with van der Waals surface area (Å²) in [6, 6.07) is -0.107. The van der Waals surface area contributed by atoms with Gasteiger partial charge in [-0.15, -0.1) is 11.3 Å². The number of likely N-dealkylation sites (tertiary alicyclic amines) is 1. The van der Waals surface area contributed by atoms with E-state index in [9.17, 15) is 9.59 Å². The molecule has 2 heterocycles. The number of amides is 2. The predicted molar refractivity (Wildman–Crippen MR) is 80.2 cm³/mol. The number of nitrogens with one attached hydrogen (secondary N) is 1. The molecular weight excluding hydrogens is 290 g/mol. The third-order valence-electron chi connectivity index (χ3n) is 3.75. The number of carboxylic acids is 1. The zero-order chi connectivity index (χ0) is 15.5. The quantitative estimate of drug-likeness (QED) is 0.893. The number of aromatic nitrogens is 1. The third kappa shape index (κ3) is 4.17. The molecule has 1 fully saturated rings. The van der Waals surface area contributed by atoms with Crippen LogP contribution in [0.1, 0.15) is 38.1 Å². The van der Waals surface area contributed by atoms with E-state index in [0.717, 1.165) is 17.8 Å². The molecule has 21 heavy (non-hydrogen) atoms. The minimum absolute atomic E-state index is 0.107. The van der Waals surface area contributed by atoms with Crippen molar-refractivity contribution in [2.24, 2.45) is 5.92 Å². The largest absolute Gasteiger partial charge is 0.481 e. The van der Waals surface area contributed by atoms with Crippen molar-refractivity contribution >= 4 is 23.3 Å². The van der Waals surface area contributed by atoms with Crippen LogP contribution >= 0.6 is 11.3 Å². The lowest BCUT2D eigenvalue weighted by atomic mass is 9.94. The van der Waals surface area contributed by atoms with E-state index in [0.29, 0.717) is 13.1 Å². The number of hydrogen-bond acceptors (Lipinski definition) is 4. The molecule has 2 N–H and O–H groups in total. The van der Waals surface area contributed by atoms with Gasteiger partial charge in [-0.25, -0.2) is 9.78 Å². The fourth-order valence-corrected chi connectivity index (χ4v) is 3.24. The van der Waals surface area contributed by atoms with Crippen molar-refractivity contribution in [3.8, 4) is 0 Å². The molecule has 0 saturated carbocycles. The first-order valence-electron chi connectivity index (χ1n) is 7.07. The summed E-state index contributed by atoms with van der Waals surface area (Å²) in [6.07, 6.45) is 3.42. The van der Waals surface area contributed by atoms with E-state index in [1.54, 1.807) is 11.1 Å². The Labute approximate surface area is 128 Å². The molecule has 0 aromatic carbocycles. The molecule has 116 valence electrons. The van der Waals surface area contributed by atoms with Gasteiger partial charge in [0.05, 0.1) is 5.54 Å². The summed E-state index contributed by atoms with van der Waals surface area (Å²) in [5.74, 6) is -0.582. The number of aliphatic carboxylic acids is 1. The molecule has 1 saturated heterocycles. The Morgan fingerprint density at radius 1 is 1.48 bits per heavy atom. The molecule has 2 amide bonds. The average molecular weight is 311 g/mol. The molecule has 0 spiro atoms. The normalized spacial score (nSPS) is 16.8. The van der Waals surface area contributed by atoms with Crippen LogP contribution < -0.4 is 5.32 Å². The zero-order valence-electron chi connectivity index (χ0n) is 12.3. The SMILES string of the molecule is CC(C)(NC(=O)N1CCC(CC(=O)O)CC1)c1nccs1. The Kier molecular flexibility index (Phi) is 4.82. The Bertz CT molecular complexity index is 494. The summed E-state index contributed by atoms with van der Waals surface area (Å²) in [4.78, 5) is 29.0. The zero-order valence-corrected chi connectivity index (χ0v) is 13.2. The highest BCUT2D eigenvalue weighted by atomic mass is 32.1. The number of urea groups is 1. The monoisotopic (exact) mass is 311 g/mol. The van der Waals surface area contributed by atoms with E-state index in [2.05, 4.69) is 10.3 Å².